The number of para-hydroxylation sites is 1. The molecule has 0 unspecified atom stereocenters. The molecule has 2 heterocycles. The van der Waals surface area contributed by atoms with Crippen LogP contribution in [0.4, 0.5) is 0 Å². The largest absolute Gasteiger partial charge is 0.493 e. The number of ether oxygens (including phenoxy) is 2. The lowest BCUT2D eigenvalue weighted by molar-refractivity contribution is 0.0623. The molecule has 1 amide bonds. The second kappa shape index (κ2) is 9.28. The Hall–Kier alpha value is -2.90. The van der Waals surface area contributed by atoms with Gasteiger partial charge < -0.3 is 14.4 Å². The summed E-state index contributed by atoms with van der Waals surface area (Å²) in [5, 5.41) is 3.17. The van der Waals surface area contributed by atoms with Gasteiger partial charge in [0, 0.05) is 43.7 Å². The van der Waals surface area contributed by atoms with Gasteiger partial charge in [-0.25, -0.2) is 4.98 Å². The Labute approximate surface area is 180 Å². The SMILES string of the molecule is COc1cccc(C(=O)N2CCN(Cc3csc(-c4ccccc4)n3)CC2)c1OC. The van der Waals surface area contributed by atoms with Crippen LogP contribution in [0, 0.1) is 0 Å². The van der Waals surface area contributed by atoms with E-state index in [4.69, 9.17) is 14.5 Å². The van der Waals surface area contributed by atoms with Gasteiger partial charge in [-0.3, -0.25) is 9.69 Å². The molecule has 0 aliphatic carbocycles. The van der Waals surface area contributed by atoms with Crippen LogP contribution >= 0.6 is 11.3 Å². The highest BCUT2D eigenvalue weighted by atomic mass is 32.1. The van der Waals surface area contributed by atoms with Crippen molar-refractivity contribution in [1.29, 1.82) is 0 Å². The first-order chi connectivity index (χ1) is 14.7. The first-order valence-corrected chi connectivity index (χ1v) is 10.8. The maximum absolute atomic E-state index is 13.0. The highest BCUT2D eigenvalue weighted by Crippen LogP contribution is 2.31. The van der Waals surface area contributed by atoms with Gasteiger partial charge in [0.25, 0.3) is 5.91 Å². The van der Waals surface area contributed by atoms with Crippen LogP contribution in [0.25, 0.3) is 10.6 Å². The predicted molar refractivity (Wildman–Crippen MR) is 118 cm³/mol. The third-order valence-corrected chi connectivity index (χ3v) is 6.19. The number of benzene rings is 2. The van der Waals surface area contributed by atoms with Crippen molar-refractivity contribution in [3.8, 4) is 22.1 Å². The molecule has 7 heteroatoms. The number of piperazine rings is 1. The monoisotopic (exact) mass is 423 g/mol. The molecule has 1 saturated heterocycles. The Kier molecular flexibility index (Phi) is 6.30. The molecule has 1 fully saturated rings. The summed E-state index contributed by atoms with van der Waals surface area (Å²) in [6, 6.07) is 15.6. The van der Waals surface area contributed by atoms with E-state index in [-0.39, 0.29) is 5.91 Å². The summed E-state index contributed by atoms with van der Waals surface area (Å²) < 4.78 is 10.8. The van der Waals surface area contributed by atoms with Crippen LogP contribution in [-0.4, -0.2) is 61.1 Å². The second-order valence-corrected chi connectivity index (χ2v) is 7.98. The minimum Gasteiger partial charge on any atom is -0.493 e. The smallest absolute Gasteiger partial charge is 0.257 e. The van der Waals surface area contributed by atoms with Crippen molar-refractivity contribution in [2.45, 2.75) is 6.54 Å². The van der Waals surface area contributed by atoms with Crippen LogP contribution in [0.3, 0.4) is 0 Å². The van der Waals surface area contributed by atoms with Crippen LogP contribution in [0.1, 0.15) is 16.1 Å². The number of hydrogen-bond donors (Lipinski definition) is 0. The zero-order chi connectivity index (χ0) is 20.9. The third kappa shape index (κ3) is 4.32. The fourth-order valence-electron chi connectivity index (χ4n) is 3.66. The Morgan fingerprint density at radius 2 is 1.77 bits per heavy atom. The lowest BCUT2D eigenvalue weighted by atomic mass is 10.1. The molecule has 0 radical (unpaired) electrons. The summed E-state index contributed by atoms with van der Waals surface area (Å²) in [4.78, 5) is 22.0. The molecule has 0 bridgehead atoms. The average molecular weight is 424 g/mol. The summed E-state index contributed by atoms with van der Waals surface area (Å²) >= 11 is 1.67. The summed E-state index contributed by atoms with van der Waals surface area (Å²) in [6.45, 7) is 3.78. The van der Waals surface area contributed by atoms with Crippen molar-refractivity contribution in [3.05, 3.63) is 65.2 Å². The number of aromatic nitrogens is 1. The molecule has 1 aromatic heterocycles. The second-order valence-electron chi connectivity index (χ2n) is 7.12. The van der Waals surface area contributed by atoms with E-state index in [2.05, 4.69) is 22.4 Å². The van der Waals surface area contributed by atoms with Gasteiger partial charge in [-0.15, -0.1) is 11.3 Å². The van der Waals surface area contributed by atoms with Gasteiger partial charge in [0.05, 0.1) is 25.5 Å². The van der Waals surface area contributed by atoms with Gasteiger partial charge in [-0.1, -0.05) is 36.4 Å². The molecular weight excluding hydrogens is 398 g/mol. The van der Waals surface area contributed by atoms with Crippen molar-refractivity contribution in [1.82, 2.24) is 14.8 Å². The number of carbonyl (C=O) groups is 1. The number of carbonyl (C=O) groups excluding carboxylic acids is 1. The topological polar surface area (TPSA) is 54.9 Å². The molecule has 4 rings (SSSR count). The van der Waals surface area contributed by atoms with Crippen molar-refractivity contribution >= 4 is 17.2 Å². The number of rotatable bonds is 6. The highest BCUT2D eigenvalue weighted by Gasteiger charge is 2.26. The predicted octanol–water partition coefficient (Wildman–Crippen LogP) is 3.79. The standard InChI is InChI=1S/C23H25N3O3S/c1-28-20-10-6-9-19(21(20)29-2)23(27)26-13-11-25(12-14-26)15-18-16-30-22(24-18)17-7-4-3-5-8-17/h3-10,16H,11-15H2,1-2H3. The Morgan fingerprint density at radius 3 is 2.47 bits per heavy atom. The van der Waals surface area contributed by atoms with Crippen LogP contribution in [0.15, 0.2) is 53.9 Å². The van der Waals surface area contributed by atoms with E-state index in [1.165, 1.54) is 0 Å². The molecule has 1 aliphatic heterocycles. The van der Waals surface area contributed by atoms with Crippen molar-refractivity contribution in [2.24, 2.45) is 0 Å². The molecule has 0 saturated carbocycles. The van der Waals surface area contributed by atoms with Crippen molar-refractivity contribution < 1.29 is 14.3 Å². The van der Waals surface area contributed by atoms with Crippen LogP contribution in [0.2, 0.25) is 0 Å². The van der Waals surface area contributed by atoms with Crippen LogP contribution in [0.5, 0.6) is 11.5 Å². The number of thiazole rings is 1. The van der Waals surface area contributed by atoms with Gasteiger partial charge >= 0.3 is 0 Å². The Balaban J connectivity index is 1.37. The Bertz CT molecular complexity index is 998. The molecule has 0 spiro atoms. The first-order valence-electron chi connectivity index (χ1n) is 9.92. The molecule has 1 aliphatic rings. The highest BCUT2D eigenvalue weighted by molar-refractivity contribution is 7.13. The minimum atomic E-state index is -0.0228. The summed E-state index contributed by atoms with van der Waals surface area (Å²) in [5.41, 5.74) is 2.77. The quantitative estimate of drug-likeness (QED) is 0.604. The van der Waals surface area contributed by atoms with E-state index in [9.17, 15) is 4.79 Å². The van der Waals surface area contributed by atoms with Crippen LogP contribution < -0.4 is 9.47 Å². The summed E-state index contributed by atoms with van der Waals surface area (Å²) in [6.07, 6.45) is 0. The lowest BCUT2D eigenvalue weighted by Gasteiger charge is -2.34. The van der Waals surface area contributed by atoms with E-state index in [1.54, 1.807) is 37.7 Å². The number of amides is 1. The third-order valence-electron chi connectivity index (χ3n) is 5.25. The fraction of sp³-hybridized carbons (Fsp3) is 0.304. The molecule has 156 valence electrons. The van der Waals surface area contributed by atoms with E-state index in [0.29, 0.717) is 30.2 Å². The van der Waals surface area contributed by atoms with Gasteiger partial charge in [0.2, 0.25) is 0 Å². The molecule has 3 aromatic rings. The number of hydrogen-bond acceptors (Lipinski definition) is 6. The van der Waals surface area contributed by atoms with Crippen molar-refractivity contribution in [3.63, 3.8) is 0 Å². The molecule has 30 heavy (non-hydrogen) atoms. The van der Waals surface area contributed by atoms with E-state index >= 15 is 0 Å². The molecule has 0 atom stereocenters. The molecule has 2 aromatic carbocycles. The fourth-order valence-corrected chi connectivity index (χ4v) is 4.47. The van der Waals surface area contributed by atoms with Crippen molar-refractivity contribution in [2.75, 3.05) is 40.4 Å². The van der Waals surface area contributed by atoms with Gasteiger partial charge in [0.15, 0.2) is 11.5 Å². The van der Waals surface area contributed by atoms with Gasteiger partial charge in [0.1, 0.15) is 5.01 Å². The van der Waals surface area contributed by atoms with E-state index in [0.717, 1.165) is 35.9 Å². The van der Waals surface area contributed by atoms with Gasteiger partial charge in [-0.05, 0) is 12.1 Å². The average Bonchev–Trinajstić information content (AvgIpc) is 3.27. The first kappa shape index (κ1) is 20.4. The lowest BCUT2D eigenvalue weighted by Crippen LogP contribution is -2.48. The maximum atomic E-state index is 13.0. The van der Waals surface area contributed by atoms with E-state index in [1.807, 2.05) is 29.2 Å². The summed E-state index contributed by atoms with van der Waals surface area (Å²) in [7, 11) is 3.14. The van der Waals surface area contributed by atoms with Gasteiger partial charge in [-0.2, -0.15) is 0 Å². The number of methoxy groups -OCH3 is 2. The number of nitrogens with zero attached hydrogens (tertiary/aromatic N) is 3. The molecule has 0 N–H and O–H groups in total. The minimum absolute atomic E-state index is 0.0228. The maximum Gasteiger partial charge on any atom is 0.257 e. The van der Waals surface area contributed by atoms with Crippen LogP contribution in [-0.2, 0) is 6.54 Å². The molecular formula is C23H25N3O3S. The summed E-state index contributed by atoms with van der Waals surface area (Å²) in [5.74, 6) is 1.04. The zero-order valence-corrected chi connectivity index (χ0v) is 18.0. The Morgan fingerprint density at radius 1 is 1.00 bits per heavy atom. The van der Waals surface area contributed by atoms with E-state index < -0.39 is 0 Å². The zero-order valence-electron chi connectivity index (χ0n) is 17.2. The molecule has 6 nitrogen and oxygen atoms in total. The normalized spacial score (nSPS) is 14.5.